The lowest BCUT2D eigenvalue weighted by Gasteiger charge is -2.23. The Hall–Kier alpha value is -0.200. The molecule has 3 fully saturated rings. The zero-order valence-electron chi connectivity index (χ0n) is 10.8. The van der Waals surface area contributed by atoms with Gasteiger partial charge < -0.3 is 23.7 Å². The molecule has 0 amide bonds. The van der Waals surface area contributed by atoms with Crippen LogP contribution in [0.15, 0.2) is 0 Å². The first kappa shape index (κ1) is 11.9. The minimum absolute atomic E-state index is 0.00266. The summed E-state index contributed by atoms with van der Waals surface area (Å²) in [5.74, 6) is -1.04. The van der Waals surface area contributed by atoms with Gasteiger partial charge in [0.15, 0.2) is 17.9 Å². The molecule has 3 aliphatic heterocycles. The molecule has 0 aromatic carbocycles. The quantitative estimate of drug-likeness (QED) is 0.697. The summed E-state index contributed by atoms with van der Waals surface area (Å²) < 4.78 is 28.6. The zero-order chi connectivity index (χ0) is 12.3. The van der Waals surface area contributed by atoms with E-state index in [4.69, 9.17) is 23.7 Å². The molecule has 0 radical (unpaired) electrons. The van der Waals surface area contributed by atoms with Crippen LogP contribution in [0.25, 0.3) is 0 Å². The summed E-state index contributed by atoms with van der Waals surface area (Å²) in [4.78, 5) is 0. The van der Waals surface area contributed by atoms with Crippen molar-refractivity contribution >= 4 is 0 Å². The second kappa shape index (κ2) is 3.65. The van der Waals surface area contributed by atoms with Gasteiger partial charge in [-0.25, -0.2) is 0 Å². The van der Waals surface area contributed by atoms with Crippen molar-refractivity contribution in [3.05, 3.63) is 0 Å². The van der Waals surface area contributed by atoms with Gasteiger partial charge in [-0.3, -0.25) is 0 Å². The summed E-state index contributed by atoms with van der Waals surface area (Å²) in [6.07, 6.45) is 0.538. The fourth-order valence-corrected chi connectivity index (χ4v) is 2.67. The van der Waals surface area contributed by atoms with Crippen LogP contribution < -0.4 is 0 Å². The van der Waals surface area contributed by atoms with E-state index in [1.807, 2.05) is 27.7 Å². The molecule has 0 aromatic rings. The number of hydrogen-bond acceptors (Lipinski definition) is 5. The van der Waals surface area contributed by atoms with E-state index in [9.17, 15) is 0 Å². The Labute approximate surface area is 101 Å². The molecule has 5 heteroatoms. The lowest BCUT2D eigenvalue weighted by Crippen LogP contribution is -2.33. The highest BCUT2D eigenvalue weighted by Crippen LogP contribution is 2.40. The van der Waals surface area contributed by atoms with Crippen molar-refractivity contribution in [2.24, 2.45) is 0 Å². The first-order valence-electron chi connectivity index (χ1n) is 6.18. The molecule has 1 unspecified atom stereocenters. The van der Waals surface area contributed by atoms with Crippen LogP contribution in [-0.4, -0.2) is 42.8 Å². The highest BCUT2D eigenvalue weighted by Gasteiger charge is 2.52. The molecule has 3 saturated heterocycles. The monoisotopic (exact) mass is 244 g/mol. The predicted molar refractivity (Wildman–Crippen MR) is 58.2 cm³/mol. The van der Waals surface area contributed by atoms with E-state index in [1.54, 1.807) is 0 Å². The molecule has 5 nitrogen and oxygen atoms in total. The number of hydrogen-bond donors (Lipinski definition) is 0. The van der Waals surface area contributed by atoms with Gasteiger partial charge >= 0.3 is 0 Å². The highest BCUT2D eigenvalue weighted by atomic mass is 16.8. The number of rotatable bonds is 1. The first-order valence-corrected chi connectivity index (χ1v) is 6.18. The Kier molecular flexibility index (Phi) is 2.55. The predicted octanol–water partition coefficient (Wildman–Crippen LogP) is 1.40. The van der Waals surface area contributed by atoms with Crippen LogP contribution in [0.5, 0.6) is 0 Å². The fraction of sp³-hybridized carbons (Fsp3) is 1.00. The van der Waals surface area contributed by atoms with Crippen LogP contribution in [0.1, 0.15) is 34.1 Å². The van der Waals surface area contributed by atoms with E-state index in [0.717, 1.165) is 6.42 Å². The molecule has 0 saturated carbocycles. The molecule has 3 heterocycles. The van der Waals surface area contributed by atoms with Gasteiger partial charge in [0, 0.05) is 6.42 Å². The molecule has 3 rings (SSSR count). The normalized spacial score (nSPS) is 47.3. The molecule has 0 N–H and O–H groups in total. The van der Waals surface area contributed by atoms with Crippen LogP contribution in [0.4, 0.5) is 0 Å². The van der Waals surface area contributed by atoms with E-state index in [2.05, 4.69) is 0 Å². The lowest BCUT2D eigenvalue weighted by atomic mass is 10.1. The number of fused-ring (bicyclic) bond motifs is 1. The Morgan fingerprint density at radius 2 is 1.53 bits per heavy atom. The Morgan fingerprint density at radius 3 is 2.12 bits per heavy atom. The van der Waals surface area contributed by atoms with Crippen molar-refractivity contribution in [2.75, 3.05) is 6.61 Å². The van der Waals surface area contributed by atoms with E-state index in [1.165, 1.54) is 0 Å². The molecular weight excluding hydrogens is 224 g/mol. The van der Waals surface area contributed by atoms with Crippen LogP contribution in [-0.2, 0) is 23.7 Å². The topological polar surface area (TPSA) is 46.2 Å². The number of ether oxygens (including phenoxy) is 5. The van der Waals surface area contributed by atoms with Crippen molar-refractivity contribution < 1.29 is 23.7 Å². The van der Waals surface area contributed by atoms with E-state index in [0.29, 0.717) is 6.61 Å². The second-order valence-corrected chi connectivity index (χ2v) is 5.82. The standard InChI is InChI=1S/C12H20O5/c1-11(2)13-6-9(16-11)7-5-8-10(14-7)17-12(3,4)15-8/h7-10H,5-6H2,1-4H3/t7-,8+,9?,10+/m0/s1. The van der Waals surface area contributed by atoms with Gasteiger partial charge in [-0.1, -0.05) is 0 Å². The molecule has 98 valence electrons. The van der Waals surface area contributed by atoms with Crippen LogP contribution in [0.2, 0.25) is 0 Å². The molecule has 3 aliphatic rings. The fourth-order valence-electron chi connectivity index (χ4n) is 2.67. The molecule has 0 aliphatic carbocycles. The maximum atomic E-state index is 5.85. The largest absolute Gasteiger partial charge is 0.348 e. The summed E-state index contributed by atoms with van der Waals surface area (Å²) >= 11 is 0. The minimum atomic E-state index is -0.535. The Bertz CT molecular complexity index is 298. The molecular formula is C12H20O5. The van der Waals surface area contributed by atoms with Gasteiger partial charge in [0.05, 0.1) is 12.7 Å². The van der Waals surface area contributed by atoms with E-state index < -0.39 is 11.6 Å². The molecule has 17 heavy (non-hydrogen) atoms. The van der Waals surface area contributed by atoms with Gasteiger partial charge in [-0.15, -0.1) is 0 Å². The summed E-state index contributed by atoms with van der Waals surface area (Å²) in [5.41, 5.74) is 0. The second-order valence-electron chi connectivity index (χ2n) is 5.82. The Balaban J connectivity index is 1.60. The van der Waals surface area contributed by atoms with Gasteiger partial charge in [0.2, 0.25) is 0 Å². The van der Waals surface area contributed by atoms with Crippen molar-refractivity contribution in [3.63, 3.8) is 0 Å². The average molecular weight is 244 g/mol. The maximum absolute atomic E-state index is 5.85. The summed E-state index contributed by atoms with van der Waals surface area (Å²) in [7, 11) is 0. The summed E-state index contributed by atoms with van der Waals surface area (Å²) in [5, 5.41) is 0. The SMILES string of the molecule is CC1(C)OCC([C@@H]2C[C@H]3OC(C)(C)O[C@H]3O2)O1. The van der Waals surface area contributed by atoms with Crippen molar-refractivity contribution in [2.45, 2.75) is 70.3 Å². The Morgan fingerprint density at radius 1 is 0.824 bits per heavy atom. The van der Waals surface area contributed by atoms with Crippen molar-refractivity contribution in [3.8, 4) is 0 Å². The third kappa shape index (κ3) is 2.22. The van der Waals surface area contributed by atoms with Gasteiger partial charge in [-0.05, 0) is 27.7 Å². The third-order valence-electron chi connectivity index (χ3n) is 3.36. The average Bonchev–Trinajstić information content (AvgIpc) is 2.75. The molecule has 4 atom stereocenters. The lowest BCUT2D eigenvalue weighted by molar-refractivity contribution is -0.220. The molecule has 0 bridgehead atoms. The maximum Gasteiger partial charge on any atom is 0.187 e. The van der Waals surface area contributed by atoms with Crippen LogP contribution >= 0.6 is 0 Å². The third-order valence-corrected chi connectivity index (χ3v) is 3.36. The van der Waals surface area contributed by atoms with Crippen LogP contribution in [0.3, 0.4) is 0 Å². The first-order chi connectivity index (χ1) is 7.85. The van der Waals surface area contributed by atoms with Gasteiger partial charge in [-0.2, -0.15) is 0 Å². The highest BCUT2D eigenvalue weighted by molar-refractivity contribution is 4.90. The van der Waals surface area contributed by atoms with E-state index >= 15 is 0 Å². The molecule has 0 spiro atoms. The minimum Gasteiger partial charge on any atom is -0.348 e. The summed E-state index contributed by atoms with van der Waals surface area (Å²) in [6, 6.07) is 0. The van der Waals surface area contributed by atoms with Crippen molar-refractivity contribution in [1.82, 2.24) is 0 Å². The zero-order valence-corrected chi connectivity index (χ0v) is 10.8. The summed E-state index contributed by atoms with van der Waals surface area (Å²) in [6.45, 7) is 8.21. The van der Waals surface area contributed by atoms with Gasteiger partial charge in [0.1, 0.15) is 12.2 Å². The van der Waals surface area contributed by atoms with E-state index in [-0.39, 0.29) is 24.6 Å². The smallest absolute Gasteiger partial charge is 0.187 e. The molecule has 0 aromatic heterocycles. The van der Waals surface area contributed by atoms with Crippen LogP contribution in [0, 0.1) is 0 Å². The van der Waals surface area contributed by atoms with Gasteiger partial charge in [0.25, 0.3) is 0 Å². The van der Waals surface area contributed by atoms with Crippen molar-refractivity contribution in [1.29, 1.82) is 0 Å².